The van der Waals surface area contributed by atoms with Gasteiger partial charge in [-0.05, 0) is 57.6 Å². The molecule has 2 N–H and O–H groups in total. The molecule has 3 aromatic heterocycles. The Bertz CT molecular complexity index is 1230. The maximum absolute atomic E-state index is 6.59. The van der Waals surface area contributed by atoms with Gasteiger partial charge in [-0.15, -0.1) is 11.3 Å². The smallest absolute Gasteiger partial charge is 0.145 e. The Morgan fingerprint density at radius 1 is 1.09 bits per heavy atom. The van der Waals surface area contributed by atoms with Crippen LogP contribution in [0, 0.1) is 6.92 Å². The summed E-state index contributed by atoms with van der Waals surface area (Å²) in [5.41, 5.74) is 10.4. The lowest BCUT2D eigenvalue weighted by molar-refractivity contribution is 0.299. The highest BCUT2D eigenvalue weighted by molar-refractivity contribution is 7.15. The normalized spacial score (nSPS) is 11.5. The maximum atomic E-state index is 6.59. The van der Waals surface area contributed by atoms with Crippen LogP contribution in [0.15, 0.2) is 36.7 Å². The molecule has 0 spiro atoms. The summed E-state index contributed by atoms with van der Waals surface area (Å²) >= 11 is 8.16. The molecule has 8 heteroatoms. The Morgan fingerprint density at radius 3 is 2.62 bits per heavy atom. The number of rotatable bonds is 8. The van der Waals surface area contributed by atoms with Gasteiger partial charge in [0.15, 0.2) is 0 Å². The summed E-state index contributed by atoms with van der Waals surface area (Å²) in [4.78, 5) is 22.0. The maximum Gasteiger partial charge on any atom is 0.145 e. The van der Waals surface area contributed by atoms with E-state index in [1.54, 1.807) is 17.5 Å². The van der Waals surface area contributed by atoms with Crippen LogP contribution >= 0.6 is 22.9 Å². The van der Waals surface area contributed by atoms with Gasteiger partial charge in [0.25, 0.3) is 0 Å². The first-order valence-electron chi connectivity index (χ1n) is 10.9. The third-order valence-electron chi connectivity index (χ3n) is 5.57. The number of hydrogen-bond donors (Lipinski definition) is 1. The second kappa shape index (κ2) is 9.90. The van der Waals surface area contributed by atoms with Crippen molar-refractivity contribution in [2.24, 2.45) is 0 Å². The van der Waals surface area contributed by atoms with Gasteiger partial charge in [0.2, 0.25) is 0 Å². The summed E-state index contributed by atoms with van der Waals surface area (Å²) in [6.45, 7) is 9.42. The van der Waals surface area contributed by atoms with E-state index in [-0.39, 0.29) is 0 Å². The minimum absolute atomic E-state index is 0.475. The number of aromatic nitrogens is 4. The zero-order chi connectivity index (χ0) is 22.7. The zero-order valence-corrected chi connectivity index (χ0v) is 20.2. The van der Waals surface area contributed by atoms with Gasteiger partial charge >= 0.3 is 0 Å². The minimum atomic E-state index is 0.475. The SMILES string of the molecule is CCN(CC)CCCc1nc(-c2cc(Cl)c3ncccc3c2)c(-c2cnc(C)s2)nc1N. The lowest BCUT2D eigenvalue weighted by Gasteiger charge is -2.18. The fourth-order valence-corrected chi connectivity index (χ4v) is 4.85. The number of aryl methyl sites for hydroxylation is 2. The number of nitrogens with two attached hydrogens (primary N) is 1. The first-order valence-corrected chi connectivity index (χ1v) is 12.1. The Balaban J connectivity index is 1.79. The molecule has 0 aliphatic carbocycles. The average Bonchev–Trinajstić information content (AvgIpc) is 3.23. The molecule has 1 aromatic carbocycles. The van der Waals surface area contributed by atoms with Gasteiger partial charge in [-0.2, -0.15) is 0 Å². The van der Waals surface area contributed by atoms with Crippen LogP contribution in [0.1, 0.15) is 31.0 Å². The largest absolute Gasteiger partial charge is 0.382 e. The number of nitrogens with zero attached hydrogens (tertiary/aromatic N) is 5. The van der Waals surface area contributed by atoms with E-state index in [4.69, 9.17) is 27.3 Å². The van der Waals surface area contributed by atoms with Gasteiger partial charge in [-0.25, -0.2) is 15.0 Å². The number of thiazole rings is 1. The number of anilines is 1. The van der Waals surface area contributed by atoms with Crippen molar-refractivity contribution < 1.29 is 0 Å². The first kappa shape index (κ1) is 22.6. The Morgan fingerprint density at radius 2 is 1.91 bits per heavy atom. The van der Waals surface area contributed by atoms with Crippen molar-refractivity contribution >= 4 is 39.7 Å². The summed E-state index contributed by atoms with van der Waals surface area (Å²) in [6.07, 6.45) is 5.32. The number of hydrogen-bond acceptors (Lipinski definition) is 7. The highest BCUT2D eigenvalue weighted by atomic mass is 35.5. The molecule has 0 atom stereocenters. The van der Waals surface area contributed by atoms with Gasteiger partial charge in [-0.1, -0.05) is 31.5 Å². The van der Waals surface area contributed by atoms with E-state index in [2.05, 4.69) is 34.8 Å². The fourth-order valence-electron chi connectivity index (χ4n) is 3.81. The van der Waals surface area contributed by atoms with Gasteiger partial charge < -0.3 is 10.6 Å². The predicted octanol–water partition coefficient (Wildman–Crippen LogP) is 5.63. The van der Waals surface area contributed by atoms with E-state index in [1.165, 1.54) is 0 Å². The molecule has 0 saturated heterocycles. The summed E-state index contributed by atoms with van der Waals surface area (Å²) < 4.78 is 0. The van der Waals surface area contributed by atoms with Crippen molar-refractivity contribution in [3.63, 3.8) is 0 Å². The van der Waals surface area contributed by atoms with E-state index in [0.29, 0.717) is 10.8 Å². The molecular formula is C24H27ClN6S. The van der Waals surface area contributed by atoms with Crippen molar-refractivity contribution in [3.8, 4) is 21.8 Å². The number of pyridine rings is 1. The highest BCUT2D eigenvalue weighted by Gasteiger charge is 2.19. The van der Waals surface area contributed by atoms with Gasteiger partial charge in [0.05, 0.1) is 31.8 Å². The summed E-state index contributed by atoms with van der Waals surface area (Å²) in [5, 5.41) is 2.52. The lowest BCUT2D eigenvalue weighted by atomic mass is 10.0. The molecule has 3 heterocycles. The molecule has 0 aliphatic heterocycles. The standard InChI is InChI=1S/C24H27ClN6S/c1-4-31(5-2)11-7-9-19-24(26)30-23(20-14-28-15(3)32-20)22(29-19)17-12-16-8-6-10-27-21(16)18(25)13-17/h6,8,10,12-14H,4-5,7,9,11H2,1-3H3,(H2,26,30). The molecule has 166 valence electrons. The van der Waals surface area contributed by atoms with Crippen LogP contribution in [-0.2, 0) is 6.42 Å². The van der Waals surface area contributed by atoms with E-state index in [0.717, 1.165) is 75.9 Å². The van der Waals surface area contributed by atoms with E-state index >= 15 is 0 Å². The molecule has 0 saturated carbocycles. The van der Waals surface area contributed by atoms with Crippen LogP contribution in [-0.4, -0.2) is 44.5 Å². The van der Waals surface area contributed by atoms with Crippen LogP contribution in [0.2, 0.25) is 5.02 Å². The molecular weight excluding hydrogens is 440 g/mol. The van der Waals surface area contributed by atoms with Crippen molar-refractivity contribution in [2.75, 3.05) is 25.4 Å². The molecule has 6 nitrogen and oxygen atoms in total. The third kappa shape index (κ3) is 4.75. The van der Waals surface area contributed by atoms with Gasteiger partial charge in [-0.3, -0.25) is 4.98 Å². The predicted molar refractivity (Wildman–Crippen MR) is 134 cm³/mol. The molecule has 0 bridgehead atoms. The second-order valence-corrected chi connectivity index (χ2v) is 9.30. The summed E-state index contributed by atoms with van der Waals surface area (Å²) in [5.74, 6) is 0.475. The Kier molecular flexibility index (Phi) is 6.98. The molecule has 32 heavy (non-hydrogen) atoms. The van der Waals surface area contributed by atoms with E-state index in [9.17, 15) is 0 Å². The van der Waals surface area contributed by atoms with Crippen molar-refractivity contribution in [3.05, 3.63) is 52.4 Å². The molecule has 0 unspecified atom stereocenters. The topological polar surface area (TPSA) is 80.8 Å². The molecule has 0 radical (unpaired) electrons. The van der Waals surface area contributed by atoms with Gasteiger partial charge in [0, 0.05) is 23.3 Å². The molecule has 0 aliphatic rings. The molecule has 0 fully saturated rings. The zero-order valence-electron chi connectivity index (χ0n) is 18.6. The van der Waals surface area contributed by atoms with E-state index in [1.807, 2.05) is 31.3 Å². The van der Waals surface area contributed by atoms with Crippen molar-refractivity contribution in [2.45, 2.75) is 33.6 Å². The van der Waals surface area contributed by atoms with Crippen LogP contribution in [0.25, 0.3) is 32.7 Å². The van der Waals surface area contributed by atoms with Crippen molar-refractivity contribution in [1.82, 2.24) is 24.8 Å². The third-order valence-corrected chi connectivity index (χ3v) is 6.78. The number of fused-ring (bicyclic) bond motifs is 1. The Labute approximate surface area is 197 Å². The molecule has 0 amide bonds. The summed E-state index contributed by atoms with van der Waals surface area (Å²) in [6, 6.07) is 7.88. The van der Waals surface area contributed by atoms with Crippen LogP contribution < -0.4 is 5.73 Å². The highest BCUT2D eigenvalue weighted by Crippen LogP contribution is 2.36. The number of benzene rings is 1. The fraction of sp³-hybridized carbons (Fsp3) is 0.333. The first-order chi connectivity index (χ1) is 15.5. The lowest BCUT2D eigenvalue weighted by Crippen LogP contribution is -2.24. The summed E-state index contributed by atoms with van der Waals surface area (Å²) in [7, 11) is 0. The monoisotopic (exact) mass is 466 g/mol. The van der Waals surface area contributed by atoms with Crippen molar-refractivity contribution in [1.29, 1.82) is 0 Å². The van der Waals surface area contributed by atoms with Gasteiger partial charge in [0.1, 0.15) is 11.5 Å². The van der Waals surface area contributed by atoms with E-state index < -0.39 is 0 Å². The average molecular weight is 467 g/mol. The second-order valence-electron chi connectivity index (χ2n) is 7.66. The minimum Gasteiger partial charge on any atom is -0.382 e. The quantitative estimate of drug-likeness (QED) is 0.362. The Hall–Kier alpha value is -2.61. The molecule has 4 aromatic rings. The number of nitrogen functional groups attached to an aromatic ring is 1. The van der Waals surface area contributed by atoms with Crippen LogP contribution in [0.5, 0.6) is 0 Å². The van der Waals surface area contributed by atoms with Crippen LogP contribution in [0.4, 0.5) is 5.82 Å². The van der Waals surface area contributed by atoms with Crippen LogP contribution in [0.3, 0.4) is 0 Å². The molecule has 4 rings (SSSR count). The number of halogens is 1.